The summed E-state index contributed by atoms with van der Waals surface area (Å²) in [5.41, 5.74) is 6.57. The van der Waals surface area contributed by atoms with E-state index in [9.17, 15) is 0 Å². The summed E-state index contributed by atoms with van der Waals surface area (Å²) >= 11 is 0. The van der Waals surface area contributed by atoms with Gasteiger partial charge in [0.1, 0.15) is 0 Å². The number of hydrogen-bond acceptors (Lipinski definition) is 1. The standard InChI is InChI=1S/C12H29NP.ClH/c1-4-7-10-14(13,11-8-5-2)12-9-6-3;/h4-13H2,1-3H3;1H/q+1;/p-1. The zero-order valence-corrected chi connectivity index (χ0v) is 12.4. The fourth-order valence-corrected chi connectivity index (χ4v) is 5.26. The molecule has 0 aromatic carbocycles. The Labute approximate surface area is 103 Å². The van der Waals surface area contributed by atoms with Gasteiger partial charge < -0.3 is 12.4 Å². The molecule has 0 aromatic rings. The maximum absolute atomic E-state index is 6.57. The highest BCUT2D eigenvalue weighted by Crippen LogP contribution is 2.52. The van der Waals surface area contributed by atoms with Crippen molar-refractivity contribution in [1.29, 1.82) is 0 Å². The summed E-state index contributed by atoms with van der Waals surface area (Å²) in [4.78, 5) is 0. The van der Waals surface area contributed by atoms with E-state index in [0.29, 0.717) is 0 Å². The molecule has 94 valence electrons. The first-order chi connectivity index (χ1) is 6.68. The van der Waals surface area contributed by atoms with Crippen LogP contribution in [0.2, 0.25) is 0 Å². The van der Waals surface area contributed by atoms with E-state index in [2.05, 4.69) is 20.8 Å². The summed E-state index contributed by atoms with van der Waals surface area (Å²) in [7, 11) is -1.02. The SMILES string of the molecule is CCCC[P+](N)(CCCC)CCCC.[Cl-]. The minimum atomic E-state index is -1.02. The summed E-state index contributed by atoms with van der Waals surface area (Å²) < 4.78 is 0. The van der Waals surface area contributed by atoms with Crippen LogP contribution >= 0.6 is 7.41 Å². The van der Waals surface area contributed by atoms with E-state index in [0.717, 1.165) is 0 Å². The van der Waals surface area contributed by atoms with Crippen molar-refractivity contribution in [1.82, 2.24) is 0 Å². The monoisotopic (exact) mass is 253 g/mol. The van der Waals surface area contributed by atoms with Crippen molar-refractivity contribution in [3.63, 3.8) is 0 Å². The van der Waals surface area contributed by atoms with Gasteiger partial charge in [-0.2, -0.15) is 0 Å². The van der Waals surface area contributed by atoms with Gasteiger partial charge in [0, 0.05) is 0 Å². The van der Waals surface area contributed by atoms with Crippen LogP contribution in [0.15, 0.2) is 0 Å². The Bertz CT molecular complexity index is 109. The minimum absolute atomic E-state index is 0. The maximum Gasteiger partial charge on any atom is 0.0770 e. The molecule has 0 heterocycles. The van der Waals surface area contributed by atoms with Gasteiger partial charge in [-0.15, -0.1) is 0 Å². The third-order valence-electron chi connectivity index (χ3n) is 2.87. The normalized spacial score (nSPS) is 11.2. The second kappa shape index (κ2) is 11.2. The van der Waals surface area contributed by atoms with Gasteiger partial charge in [0.05, 0.1) is 25.9 Å². The van der Waals surface area contributed by atoms with Crippen molar-refractivity contribution < 1.29 is 12.4 Å². The number of hydrogen-bond donors (Lipinski definition) is 1. The lowest BCUT2D eigenvalue weighted by Gasteiger charge is -2.22. The van der Waals surface area contributed by atoms with Gasteiger partial charge >= 0.3 is 0 Å². The zero-order chi connectivity index (χ0) is 10.9. The Hall–Kier alpha value is 0.680. The summed E-state index contributed by atoms with van der Waals surface area (Å²) in [5, 5.41) is 0. The van der Waals surface area contributed by atoms with Crippen LogP contribution in [0.25, 0.3) is 0 Å². The van der Waals surface area contributed by atoms with E-state index in [4.69, 9.17) is 5.50 Å². The van der Waals surface area contributed by atoms with Crippen LogP contribution < -0.4 is 17.9 Å². The van der Waals surface area contributed by atoms with Crippen LogP contribution in [0.4, 0.5) is 0 Å². The van der Waals surface area contributed by atoms with E-state index >= 15 is 0 Å². The van der Waals surface area contributed by atoms with Crippen molar-refractivity contribution in [3.8, 4) is 0 Å². The third-order valence-corrected chi connectivity index (χ3v) is 6.49. The molecule has 3 heteroatoms. The number of unbranched alkanes of at least 4 members (excludes halogenated alkanes) is 3. The Morgan fingerprint density at radius 2 is 1.00 bits per heavy atom. The van der Waals surface area contributed by atoms with E-state index in [1.54, 1.807) is 0 Å². The van der Waals surface area contributed by atoms with E-state index in [1.165, 1.54) is 57.0 Å². The van der Waals surface area contributed by atoms with Crippen LogP contribution in [0.1, 0.15) is 59.3 Å². The molecule has 0 saturated carbocycles. The molecule has 0 rings (SSSR count). The minimum Gasteiger partial charge on any atom is -1.00 e. The quantitative estimate of drug-likeness (QED) is 0.616. The van der Waals surface area contributed by atoms with Crippen LogP contribution in [0.5, 0.6) is 0 Å². The molecule has 0 unspecified atom stereocenters. The highest BCUT2D eigenvalue weighted by Gasteiger charge is 2.30. The number of nitrogens with two attached hydrogens (primary N) is 1. The van der Waals surface area contributed by atoms with Gasteiger partial charge in [-0.05, 0) is 19.3 Å². The first-order valence-corrected chi connectivity index (χ1v) is 8.74. The number of rotatable bonds is 9. The van der Waals surface area contributed by atoms with Gasteiger partial charge in [-0.25, -0.2) is 5.50 Å². The first-order valence-electron chi connectivity index (χ1n) is 6.33. The average molecular weight is 254 g/mol. The molecule has 0 aromatic heterocycles. The Morgan fingerprint density at radius 1 is 0.733 bits per heavy atom. The van der Waals surface area contributed by atoms with E-state index < -0.39 is 7.41 Å². The van der Waals surface area contributed by atoms with Gasteiger partial charge in [0.2, 0.25) is 0 Å². The molecule has 0 saturated heterocycles. The summed E-state index contributed by atoms with van der Waals surface area (Å²) in [6.07, 6.45) is 12.0. The van der Waals surface area contributed by atoms with Crippen molar-refractivity contribution >= 4 is 7.41 Å². The van der Waals surface area contributed by atoms with Gasteiger partial charge in [-0.3, -0.25) is 0 Å². The molecule has 0 atom stereocenters. The fraction of sp³-hybridized carbons (Fsp3) is 1.00. The molecule has 15 heavy (non-hydrogen) atoms. The molecule has 0 aliphatic heterocycles. The molecule has 0 spiro atoms. The topological polar surface area (TPSA) is 26.0 Å². The molecule has 0 aliphatic carbocycles. The van der Waals surface area contributed by atoms with Gasteiger partial charge in [-0.1, -0.05) is 40.0 Å². The number of halogens is 1. The predicted molar refractivity (Wildman–Crippen MR) is 70.4 cm³/mol. The lowest BCUT2D eigenvalue weighted by atomic mass is 10.4. The molecule has 0 bridgehead atoms. The Morgan fingerprint density at radius 3 is 1.20 bits per heavy atom. The second-order valence-corrected chi connectivity index (χ2v) is 8.23. The van der Waals surface area contributed by atoms with Crippen LogP contribution in [-0.4, -0.2) is 18.5 Å². The third kappa shape index (κ3) is 9.60. The lowest BCUT2D eigenvalue weighted by Crippen LogP contribution is -3.00. The summed E-state index contributed by atoms with van der Waals surface area (Å²) in [6, 6.07) is 0. The van der Waals surface area contributed by atoms with Crippen molar-refractivity contribution in [2.75, 3.05) is 18.5 Å². The molecule has 0 fully saturated rings. The van der Waals surface area contributed by atoms with Crippen molar-refractivity contribution in [3.05, 3.63) is 0 Å². The Balaban J connectivity index is 0. The van der Waals surface area contributed by atoms with Crippen molar-refractivity contribution in [2.24, 2.45) is 5.50 Å². The van der Waals surface area contributed by atoms with Crippen LogP contribution in [0, 0.1) is 0 Å². The van der Waals surface area contributed by atoms with Gasteiger partial charge in [0.25, 0.3) is 0 Å². The molecule has 1 nitrogen and oxygen atoms in total. The predicted octanol–water partition coefficient (Wildman–Crippen LogP) is 1.28. The average Bonchev–Trinajstić information content (AvgIpc) is 2.21. The lowest BCUT2D eigenvalue weighted by molar-refractivity contribution is -0.00000347. The van der Waals surface area contributed by atoms with E-state index in [1.807, 2.05) is 0 Å². The summed E-state index contributed by atoms with van der Waals surface area (Å²) in [6.45, 7) is 6.80. The molecule has 0 amide bonds. The molecule has 0 radical (unpaired) electrons. The first kappa shape index (κ1) is 18.1. The maximum atomic E-state index is 6.57. The highest BCUT2D eigenvalue weighted by molar-refractivity contribution is 7.73. The smallest absolute Gasteiger partial charge is 0.0770 e. The molecule has 2 N–H and O–H groups in total. The largest absolute Gasteiger partial charge is 1.00 e. The van der Waals surface area contributed by atoms with Gasteiger partial charge in [0.15, 0.2) is 0 Å². The van der Waals surface area contributed by atoms with E-state index in [-0.39, 0.29) is 12.4 Å². The molecule has 0 aliphatic rings. The second-order valence-electron chi connectivity index (χ2n) is 4.45. The molecular formula is C12H29ClNP. The molecular weight excluding hydrogens is 225 g/mol. The zero-order valence-electron chi connectivity index (χ0n) is 10.8. The van der Waals surface area contributed by atoms with Crippen LogP contribution in [-0.2, 0) is 0 Å². The highest BCUT2D eigenvalue weighted by atomic mass is 35.5. The fourth-order valence-electron chi connectivity index (χ4n) is 1.75. The summed E-state index contributed by atoms with van der Waals surface area (Å²) in [5.74, 6) is 0. The Kier molecular flexibility index (Phi) is 13.5. The van der Waals surface area contributed by atoms with Crippen molar-refractivity contribution in [2.45, 2.75) is 59.3 Å². The van der Waals surface area contributed by atoms with Crippen LogP contribution in [0.3, 0.4) is 0 Å².